The highest BCUT2D eigenvalue weighted by molar-refractivity contribution is 7.89. The molecule has 1 atom stereocenters. The minimum atomic E-state index is -3.59. The van der Waals surface area contributed by atoms with E-state index in [1.54, 1.807) is 12.1 Å². The molecule has 1 aromatic rings. The maximum Gasteiger partial charge on any atom is 0.242 e. The number of nitrogens with one attached hydrogen (secondary N) is 1. The van der Waals surface area contributed by atoms with Gasteiger partial charge in [-0.2, -0.15) is 0 Å². The first-order chi connectivity index (χ1) is 9.26. The van der Waals surface area contributed by atoms with Crippen molar-refractivity contribution in [1.29, 1.82) is 0 Å². The molecule has 1 aromatic carbocycles. The Morgan fingerprint density at radius 1 is 1.45 bits per heavy atom. The Morgan fingerprint density at radius 3 is 2.65 bits per heavy atom. The van der Waals surface area contributed by atoms with Crippen LogP contribution in [0.4, 0.5) is 0 Å². The van der Waals surface area contributed by atoms with Gasteiger partial charge in [-0.1, -0.05) is 37.9 Å². The lowest BCUT2D eigenvalue weighted by Gasteiger charge is -2.27. The van der Waals surface area contributed by atoms with E-state index in [0.29, 0.717) is 6.54 Å². The van der Waals surface area contributed by atoms with Crippen molar-refractivity contribution in [2.45, 2.75) is 50.6 Å². The summed E-state index contributed by atoms with van der Waals surface area (Å²) in [5.74, 6) is 0. The summed E-state index contributed by atoms with van der Waals surface area (Å²) in [5.41, 5.74) is 6.32. The quantitative estimate of drug-likeness (QED) is 0.897. The van der Waals surface area contributed by atoms with E-state index in [2.05, 4.69) is 18.6 Å². The zero-order chi connectivity index (χ0) is 15.0. The van der Waals surface area contributed by atoms with Gasteiger partial charge >= 0.3 is 0 Å². The predicted octanol–water partition coefficient (Wildman–Crippen LogP) is 2.66. The molecule has 0 saturated heterocycles. The van der Waals surface area contributed by atoms with E-state index in [-0.39, 0.29) is 21.4 Å². The third-order valence-electron chi connectivity index (χ3n) is 4.08. The molecule has 0 aromatic heterocycles. The highest BCUT2D eigenvalue weighted by Crippen LogP contribution is 2.38. The van der Waals surface area contributed by atoms with Crippen LogP contribution in [0.25, 0.3) is 0 Å². The van der Waals surface area contributed by atoms with Crippen LogP contribution in [-0.2, 0) is 16.6 Å². The minimum Gasteiger partial charge on any atom is -0.326 e. The van der Waals surface area contributed by atoms with Crippen LogP contribution in [0, 0.1) is 5.41 Å². The smallest absolute Gasteiger partial charge is 0.242 e. The van der Waals surface area contributed by atoms with Gasteiger partial charge < -0.3 is 5.73 Å². The van der Waals surface area contributed by atoms with Gasteiger partial charge in [0.1, 0.15) is 4.90 Å². The van der Waals surface area contributed by atoms with E-state index in [1.165, 1.54) is 6.07 Å². The van der Waals surface area contributed by atoms with Crippen LogP contribution >= 0.6 is 11.6 Å². The Kier molecular flexibility index (Phi) is 4.44. The van der Waals surface area contributed by atoms with E-state index in [0.717, 1.165) is 24.8 Å². The van der Waals surface area contributed by atoms with Crippen molar-refractivity contribution in [3.8, 4) is 0 Å². The Labute approximate surface area is 125 Å². The molecule has 2 rings (SSSR count). The van der Waals surface area contributed by atoms with E-state index in [1.807, 2.05) is 0 Å². The second-order valence-corrected chi connectivity index (χ2v) is 8.11. The molecule has 3 N–H and O–H groups in total. The summed E-state index contributed by atoms with van der Waals surface area (Å²) in [6.45, 7) is 4.52. The maximum absolute atomic E-state index is 12.5. The number of nitrogens with two attached hydrogens (primary N) is 1. The van der Waals surface area contributed by atoms with Gasteiger partial charge in [-0.05, 0) is 36.0 Å². The first kappa shape index (κ1) is 15.8. The Hall–Kier alpha value is -0.620. The second kappa shape index (κ2) is 5.64. The Balaban J connectivity index is 2.27. The summed E-state index contributed by atoms with van der Waals surface area (Å²) in [5, 5.41) is 0.219. The normalized spacial score (nSPS) is 22.1. The first-order valence-electron chi connectivity index (χ1n) is 6.77. The Morgan fingerprint density at radius 2 is 2.15 bits per heavy atom. The molecule has 1 aliphatic carbocycles. The molecular formula is C14H21ClN2O2S. The van der Waals surface area contributed by atoms with Gasteiger partial charge in [0, 0.05) is 12.6 Å². The van der Waals surface area contributed by atoms with Gasteiger partial charge in [0.05, 0.1) is 5.02 Å². The molecule has 1 aliphatic rings. The largest absolute Gasteiger partial charge is 0.326 e. The second-order valence-electron chi connectivity index (χ2n) is 6.02. The predicted molar refractivity (Wildman–Crippen MR) is 81.1 cm³/mol. The lowest BCUT2D eigenvalue weighted by Crippen LogP contribution is -2.41. The molecule has 0 aliphatic heterocycles. The molecule has 1 saturated carbocycles. The van der Waals surface area contributed by atoms with Crippen molar-refractivity contribution >= 4 is 21.6 Å². The van der Waals surface area contributed by atoms with Crippen molar-refractivity contribution in [3.05, 3.63) is 28.8 Å². The summed E-state index contributed by atoms with van der Waals surface area (Å²) < 4.78 is 27.7. The van der Waals surface area contributed by atoms with Gasteiger partial charge in [-0.15, -0.1) is 0 Å². The average Bonchev–Trinajstić information content (AvgIpc) is 2.67. The van der Waals surface area contributed by atoms with Gasteiger partial charge in [0.25, 0.3) is 0 Å². The molecule has 20 heavy (non-hydrogen) atoms. The standard InChI is InChI=1S/C14H21ClN2O2S/c1-14(2)7-3-4-13(14)17-20(18,19)12-6-5-10(9-16)8-11(12)15/h5-6,8,13,17H,3-4,7,9,16H2,1-2H3. The van der Waals surface area contributed by atoms with Gasteiger partial charge in [-0.3, -0.25) is 0 Å². The number of benzene rings is 1. The van der Waals surface area contributed by atoms with Gasteiger partial charge in [0.15, 0.2) is 0 Å². The SMILES string of the molecule is CC1(C)CCCC1NS(=O)(=O)c1ccc(CN)cc1Cl. The number of sulfonamides is 1. The minimum absolute atomic E-state index is 0.0171. The lowest BCUT2D eigenvalue weighted by molar-refractivity contribution is 0.313. The molecule has 0 radical (unpaired) electrons. The fourth-order valence-corrected chi connectivity index (χ4v) is 4.69. The first-order valence-corrected chi connectivity index (χ1v) is 8.63. The van der Waals surface area contributed by atoms with Crippen molar-refractivity contribution in [2.75, 3.05) is 0 Å². The van der Waals surface area contributed by atoms with E-state index in [4.69, 9.17) is 17.3 Å². The molecular weight excluding hydrogens is 296 g/mol. The summed E-state index contributed by atoms with van der Waals surface area (Å²) in [7, 11) is -3.59. The molecule has 112 valence electrons. The van der Waals surface area contributed by atoms with Gasteiger partial charge in [-0.25, -0.2) is 13.1 Å². The third-order valence-corrected chi connectivity index (χ3v) is 6.03. The molecule has 0 heterocycles. The third kappa shape index (κ3) is 3.17. The van der Waals surface area contributed by atoms with Crippen LogP contribution in [0.2, 0.25) is 5.02 Å². The number of hydrogen-bond donors (Lipinski definition) is 2. The molecule has 0 spiro atoms. The van der Waals surface area contributed by atoms with Crippen LogP contribution in [0.5, 0.6) is 0 Å². The highest BCUT2D eigenvalue weighted by atomic mass is 35.5. The lowest BCUT2D eigenvalue weighted by atomic mass is 9.88. The molecule has 1 fully saturated rings. The van der Waals surface area contributed by atoms with E-state index < -0.39 is 10.0 Å². The fraction of sp³-hybridized carbons (Fsp3) is 0.571. The van der Waals surface area contributed by atoms with Crippen molar-refractivity contribution < 1.29 is 8.42 Å². The summed E-state index contributed by atoms with van der Waals surface area (Å²) >= 11 is 6.07. The molecule has 0 bridgehead atoms. The molecule has 4 nitrogen and oxygen atoms in total. The van der Waals surface area contributed by atoms with Crippen molar-refractivity contribution in [2.24, 2.45) is 11.1 Å². The van der Waals surface area contributed by atoms with Gasteiger partial charge in [0.2, 0.25) is 10.0 Å². The number of rotatable bonds is 4. The molecule has 6 heteroatoms. The van der Waals surface area contributed by atoms with Crippen LogP contribution < -0.4 is 10.5 Å². The zero-order valence-corrected chi connectivity index (χ0v) is 13.4. The monoisotopic (exact) mass is 316 g/mol. The van der Waals surface area contributed by atoms with Crippen LogP contribution in [0.15, 0.2) is 23.1 Å². The van der Waals surface area contributed by atoms with Crippen molar-refractivity contribution in [3.63, 3.8) is 0 Å². The zero-order valence-electron chi connectivity index (χ0n) is 11.8. The van der Waals surface area contributed by atoms with Crippen molar-refractivity contribution in [1.82, 2.24) is 4.72 Å². The maximum atomic E-state index is 12.5. The van der Waals surface area contributed by atoms with E-state index in [9.17, 15) is 8.42 Å². The number of hydrogen-bond acceptors (Lipinski definition) is 3. The number of halogens is 1. The fourth-order valence-electron chi connectivity index (χ4n) is 2.69. The topological polar surface area (TPSA) is 72.2 Å². The summed E-state index contributed by atoms with van der Waals surface area (Å²) in [6.07, 6.45) is 2.94. The summed E-state index contributed by atoms with van der Waals surface area (Å²) in [6, 6.07) is 4.78. The highest BCUT2D eigenvalue weighted by Gasteiger charge is 2.37. The van der Waals surface area contributed by atoms with Crippen LogP contribution in [0.1, 0.15) is 38.7 Å². The molecule has 0 amide bonds. The summed E-state index contributed by atoms with van der Waals surface area (Å²) in [4.78, 5) is 0.124. The van der Waals surface area contributed by atoms with Crippen LogP contribution in [0.3, 0.4) is 0 Å². The average molecular weight is 317 g/mol. The Bertz CT molecular complexity index is 599. The molecule has 1 unspecified atom stereocenters. The van der Waals surface area contributed by atoms with Crippen LogP contribution in [-0.4, -0.2) is 14.5 Å². The van der Waals surface area contributed by atoms with E-state index >= 15 is 0 Å².